The number of ether oxygens (including phenoxy) is 1. The first kappa shape index (κ1) is 13.4. The molecule has 1 fully saturated rings. The molecule has 1 amide bonds. The van der Waals surface area contributed by atoms with Crippen molar-refractivity contribution >= 4 is 17.9 Å². The molecule has 21 heavy (non-hydrogen) atoms. The van der Waals surface area contributed by atoms with Crippen molar-refractivity contribution in [3.05, 3.63) is 60.2 Å². The molecule has 0 spiro atoms. The lowest BCUT2D eigenvalue weighted by Crippen LogP contribution is -2.60. The summed E-state index contributed by atoms with van der Waals surface area (Å²) in [5, 5.41) is 0. The highest BCUT2D eigenvalue weighted by atomic mass is 16.5. The molecule has 1 aliphatic rings. The number of aldehydes is 1. The van der Waals surface area contributed by atoms with Crippen LogP contribution >= 0.6 is 0 Å². The Bertz CT molecular complexity index is 651. The normalized spacial score (nSPS) is 20.8. The average molecular weight is 281 g/mol. The van der Waals surface area contributed by atoms with Gasteiger partial charge >= 0.3 is 0 Å². The van der Waals surface area contributed by atoms with Crippen LogP contribution in [0.25, 0.3) is 0 Å². The molecule has 0 aromatic heterocycles. The fourth-order valence-corrected chi connectivity index (χ4v) is 2.69. The molecular formula is C17H15NO3. The molecule has 106 valence electrons. The second-order valence-corrected chi connectivity index (χ2v) is 4.92. The van der Waals surface area contributed by atoms with E-state index >= 15 is 0 Å². The summed E-state index contributed by atoms with van der Waals surface area (Å²) < 4.78 is 5.10. The van der Waals surface area contributed by atoms with Crippen molar-refractivity contribution in [2.45, 2.75) is 12.0 Å². The van der Waals surface area contributed by atoms with Crippen molar-refractivity contribution in [1.29, 1.82) is 0 Å². The molecule has 0 bridgehead atoms. The van der Waals surface area contributed by atoms with Crippen LogP contribution in [0.4, 0.5) is 5.69 Å². The van der Waals surface area contributed by atoms with Crippen LogP contribution in [0.3, 0.4) is 0 Å². The van der Waals surface area contributed by atoms with Crippen LogP contribution in [0.15, 0.2) is 54.6 Å². The quantitative estimate of drug-likeness (QED) is 0.638. The largest absolute Gasteiger partial charge is 0.497 e. The average Bonchev–Trinajstić information content (AvgIpc) is 2.54. The fourth-order valence-electron chi connectivity index (χ4n) is 2.69. The SMILES string of the molecule is COc1ccc(N2C(=O)[C@@H](c3ccccc3)[C@H]2C=O)cc1. The van der Waals surface area contributed by atoms with Crippen LogP contribution in [-0.4, -0.2) is 25.3 Å². The van der Waals surface area contributed by atoms with E-state index in [1.165, 1.54) is 4.90 Å². The molecule has 1 saturated heterocycles. The molecule has 0 unspecified atom stereocenters. The van der Waals surface area contributed by atoms with Gasteiger partial charge in [-0.3, -0.25) is 4.79 Å². The van der Waals surface area contributed by atoms with Gasteiger partial charge in [0.15, 0.2) is 0 Å². The van der Waals surface area contributed by atoms with Gasteiger partial charge in [0.05, 0.1) is 13.0 Å². The highest BCUT2D eigenvalue weighted by Gasteiger charge is 2.48. The van der Waals surface area contributed by atoms with E-state index in [1.807, 2.05) is 30.3 Å². The van der Waals surface area contributed by atoms with E-state index < -0.39 is 6.04 Å². The zero-order chi connectivity index (χ0) is 14.8. The van der Waals surface area contributed by atoms with Gasteiger partial charge < -0.3 is 14.4 Å². The van der Waals surface area contributed by atoms with Crippen molar-refractivity contribution in [3.8, 4) is 5.75 Å². The first-order chi connectivity index (χ1) is 10.3. The van der Waals surface area contributed by atoms with Gasteiger partial charge in [-0.15, -0.1) is 0 Å². The minimum Gasteiger partial charge on any atom is -0.497 e. The van der Waals surface area contributed by atoms with Crippen LogP contribution in [0.5, 0.6) is 5.75 Å². The van der Waals surface area contributed by atoms with Crippen molar-refractivity contribution in [2.75, 3.05) is 12.0 Å². The molecule has 3 rings (SSSR count). The fraction of sp³-hybridized carbons (Fsp3) is 0.176. The number of benzene rings is 2. The third-order valence-electron chi connectivity index (χ3n) is 3.79. The summed E-state index contributed by atoms with van der Waals surface area (Å²) in [6.07, 6.45) is 0.837. The predicted octanol–water partition coefficient (Wildman–Crippen LogP) is 2.39. The predicted molar refractivity (Wildman–Crippen MR) is 79.5 cm³/mol. The third kappa shape index (κ3) is 2.18. The number of anilines is 1. The summed E-state index contributed by atoms with van der Waals surface area (Å²) in [5.41, 5.74) is 1.59. The number of amides is 1. The molecule has 0 saturated carbocycles. The number of rotatable bonds is 4. The van der Waals surface area contributed by atoms with Gasteiger partial charge in [0.25, 0.3) is 0 Å². The van der Waals surface area contributed by atoms with E-state index in [4.69, 9.17) is 4.74 Å². The molecule has 1 heterocycles. The molecule has 0 radical (unpaired) electrons. The second kappa shape index (κ2) is 5.40. The maximum Gasteiger partial charge on any atom is 0.237 e. The summed E-state index contributed by atoms with van der Waals surface area (Å²) in [4.78, 5) is 25.4. The molecule has 4 heteroatoms. The molecule has 2 atom stereocenters. The summed E-state index contributed by atoms with van der Waals surface area (Å²) in [7, 11) is 1.59. The van der Waals surface area contributed by atoms with E-state index in [2.05, 4.69) is 0 Å². The molecule has 4 nitrogen and oxygen atoms in total. The van der Waals surface area contributed by atoms with E-state index in [-0.39, 0.29) is 11.8 Å². The van der Waals surface area contributed by atoms with Crippen molar-refractivity contribution in [2.24, 2.45) is 0 Å². The Morgan fingerprint density at radius 3 is 2.29 bits per heavy atom. The monoisotopic (exact) mass is 281 g/mol. The number of carbonyl (C=O) groups is 2. The van der Waals surface area contributed by atoms with Gasteiger partial charge in [-0.2, -0.15) is 0 Å². The van der Waals surface area contributed by atoms with Gasteiger partial charge in [0.1, 0.15) is 18.1 Å². The maximum absolute atomic E-state index is 12.4. The summed E-state index contributed by atoms with van der Waals surface area (Å²) in [6.45, 7) is 0. The topological polar surface area (TPSA) is 46.6 Å². The van der Waals surface area contributed by atoms with Gasteiger partial charge in [-0.1, -0.05) is 30.3 Å². The summed E-state index contributed by atoms with van der Waals surface area (Å²) in [5.74, 6) is 0.281. The zero-order valence-corrected chi connectivity index (χ0v) is 11.6. The molecular weight excluding hydrogens is 266 g/mol. The van der Waals surface area contributed by atoms with Gasteiger partial charge in [0.2, 0.25) is 5.91 Å². The highest BCUT2D eigenvalue weighted by molar-refractivity contribution is 6.11. The summed E-state index contributed by atoms with van der Waals surface area (Å²) >= 11 is 0. The smallest absolute Gasteiger partial charge is 0.237 e. The van der Waals surface area contributed by atoms with Crippen molar-refractivity contribution in [1.82, 2.24) is 0 Å². The number of β-lactam (4-membered cyclic amide) rings is 1. The molecule has 2 aromatic rings. The summed E-state index contributed by atoms with van der Waals surface area (Å²) in [6, 6.07) is 16.1. The van der Waals surface area contributed by atoms with Gasteiger partial charge in [-0.05, 0) is 29.8 Å². The molecule has 0 N–H and O–H groups in total. The van der Waals surface area contributed by atoms with E-state index in [0.29, 0.717) is 11.4 Å². The first-order valence-corrected chi connectivity index (χ1v) is 6.73. The lowest BCUT2D eigenvalue weighted by atomic mass is 9.82. The third-order valence-corrected chi connectivity index (χ3v) is 3.79. The number of hydrogen-bond acceptors (Lipinski definition) is 3. The van der Waals surface area contributed by atoms with Crippen LogP contribution in [0, 0.1) is 0 Å². The standard InChI is InChI=1S/C17H15NO3/c1-21-14-9-7-13(8-10-14)18-15(11-19)16(17(18)20)12-5-3-2-4-6-12/h2-11,15-16H,1H3/t15-,16+/m1/s1. The number of methoxy groups -OCH3 is 1. The minimum absolute atomic E-state index is 0.0523. The Morgan fingerprint density at radius 2 is 1.71 bits per heavy atom. The van der Waals surface area contributed by atoms with Gasteiger partial charge in [-0.25, -0.2) is 0 Å². The van der Waals surface area contributed by atoms with E-state index in [0.717, 1.165) is 11.8 Å². The number of nitrogens with zero attached hydrogens (tertiary/aromatic N) is 1. The molecule has 2 aromatic carbocycles. The Morgan fingerprint density at radius 1 is 1.05 bits per heavy atom. The van der Waals surface area contributed by atoms with Crippen LogP contribution in [0.2, 0.25) is 0 Å². The van der Waals surface area contributed by atoms with E-state index in [1.54, 1.807) is 31.4 Å². The minimum atomic E-state index is -0.451. The Hall–Kier alpha value is -2.62. The Balaban J connectivity index is 1.88. The van der Waals surface area contributed by atoms with E-state index in [9.17, 15) is 9.59 Å². The number of carbonyl (C=O) groups excluding carboxylic acids is 2. The first-order valence-electron chi connectivity index (χ1n) is 6.73. The van der Waals surface area contributed by atoms with Crippen LogP contribution < -0.4 is 9.64 Å². The van der Waals surface area contributed by atoms with Crippen LogP contribution in [-0.2, 0) is 9.59 Å². The molecule has 1 aliphatic heterocycles. The lowest BCUT2D eigenvalue weighted by Gasteiger charge is -2.44. The van der Waals surface area contributed by atoms with Crippen LogP contribution in [0.1, 0.15) is 11.5 Å². The Kier molecular flexibility index (Phi) is 3.44. The second-order valence-electron chi connectivity index (χ2n) is 4.92. The highest BCUT2D eigenvalue weighted by Crippen LogP contribution is 2.38. The Labute approximate surface area is 123 Å². The van der Waals surface area contributed by atoms with Crippen molar-refractivity contribution < 1.29 is 14.3 Å². The van der Waals surface area contributed by atoms with Gasteiger partial charge in [0, 0.05) is 5.69 Å². The van der Waals surface area contributed by atoms with Crippen molar-refractivity contribution in [3.63, 3.8) is 0 Å². The molecule has 0 aliphatic carbocycles. The lowest BCUT2D eigenvalue weighted by molar-refractivity contribution is -0.130. The maximum atomic E-state index is 12.4. The number of hydrogen-bond donors (Lipinski definition) is 0. The zero-order valence-electron chi connectivity index (χ0n) is 11.6.